The number of aryl methyl sites for hydroxylation is 1. The largest absolute Gasteiger partial charge is 0.298 e. The number of rotatable bonds is 5. The Morgan fingerprint density at radius 3 is 2.59 bits per heavy atom. The summed E-state index contributed by atoms with van der Waals surface area (Å²) >= 11 is 7.90. The number of fused-ring (bicyclic) bond motifs is 1. The van der Waals surface area contributed by atoms with E-state index in [4.69, 9.17) is 11.6 Å². The molecule has 5 aromatic rings. The van der Waals surface area contributed by atoms with E-state index in [1.165, 1.54) is 16.7 Å². The fourth-order valence-electron chi connectivity index (χ4n) is 3.64. The number of carbonyl (C=O) groups is 1. The van der Waals surface area contributed by atoms with E-state index in [1.807, 2.05) is 53.9 Å². The van der Waals surface area contributed by atoms with Gasteiger partial charge in [-0.1, -0.05) is 78.3 Å². The Bertz CT molecular complexity index is 1420. The van der Waals surface area contributed by atoms with Crippen LogP contribution in [0, 0.1) is 6.92 Å². The van der Waals surface area contributed by atoms with Crippen LogP contribution in [0.1, 0.15) is 21.6 Å². The second-order valence-corrected chi connectivity index (χ2v) is 8.66. The molecule has 2 heterocycles. The number of thiazole rings is 1. The summed E-state index contributed by atoms with van der Waals surface area (Å²) in [7, 11) is 0. The molecule has 3 aromatic carbocycles. The van der Waals surface area contributed by atoms with Crippen molar-refractivity contribution in [3.05, 3.63) is 100 Å². The lowest BCUT2D eigenvalue weighted by Gasteiger charge is -2.04. The second-order valence-electron chi connectivity index (χ2n) is 7.45. The van der Waals surface area contributed by atoms with Gasteiger partial charge in [0, 0.05) is 10.9 Å². The van der Waals surface area contributed by atoms with Crippen molar-refractivity contribution in [1.29, 1.82) is 0 Å². The van der Waals surface area contributed by atoms with E-state index in [1.54, 1.807) is 11.6 Å². The number of anilines is 1. The molecule has 158 valence electrons. The highest BCUT2D eigenvalue weighted by molar-refractivity contribution is 7.14. The SMILES string of the molecule is Cc1nn(Cc2ccccc2)c(Cl)c1C(=O)Nc1nc(-c2ccc3ccccc3c2)cs1. The molecule has 0 radical (unpaired) electrons. The maximum absolute atomic E-state index is 13.0. The molecule has 1 amide bonds. The van der Waals surface area contributed by atoms with Gasteiger partial charge in [-0.25, -0.2) is 9.67 Å². The van der Waals surface area contributed by atoms with E-state index in [9.17, 15) is 4.79 Å². The highest BCUT2D eigenvalue weighted by Crippen LogP contribution is 2.29. The molecule has 0 aliphatic rings. The smallest absolute Gasteiger partial charge is 0.262 e. The van der Waals surface area contributed by atoms with Crippen LogP contribution in [-0.4, -0.2) is 20.7 Å². The lowest BCUT2D eigenvalue weighted by Crippen LogP contribution is -2.13. The molecule has 5 nitrogen and oxygen atoms in total. The van der Waals surface area contributed by atoms with Gasteiger partial charge in [-0.2, -0.15) is 5.10 Å². The van der Waals surface area contributed by atoms with Crippen molar-refractivity contribution in [3.63, 3.8) is 0 Å². The van der Waals surface area contributed by atoms with Crippen molar-refractivity contribution in [3.8, 4) is 11.3 Å². The number of hydrogen-bond donors (Lipinski definition) is 1. The predicted molar refractivity (Wildman–Crippen MR) is 131 cm³/mol. The maximum atomic E-state index is 13.0. The van der Waals surface area contributed by atoms with Gasteiger partial charge in [-0.15, -0.1) is 11.3 Å². The summed E-state index contributed by atoms with van der Waals surface area (Å²) in [6.07, 6.45) is 0. The third-order valence-electron chi connectivity index (χ3n) is 5.24. The van der Waals surface area contributed by atoms with Crippen LogP contribution in [0.2, 0.25) is 5.15 Å². The zero-order valence-electron chi connectivity index (χ0n) is 17.2. The number of carbonyl (C=O) groups excluding carboxylic acids is 1. The van der Waals surface area contributed by atoms with E-state index in [2.05, 4.69) is 39.7 Å². The highest BCUT2D eigenvalue weighted by atomic mass is 35.5. The van der Waals surface area contributed by atoms with E-state index in [-0.39, 0.29) is 5.91 Å². The molecule has 0 saturated carbocycles. The van der Waals surface area contributed by atoms with Gasteiger partial charge in [-0.05, 0) is 29.3 Å². The molecule has 2 aromatic heterocycles. The predicted octanol–water partition coefficient (Wildman–Crippen LogP) is 6.42. The van der Waals surface area contributed by atoms with Gasteiger partial charge in [0.15, 0.2) is 5.13 Å². The van der Waals surface area contributed by atoms with Gasteiger partial charge < -0.3 is 0 Å². The average Bonchev–Trinajstić information content (AvgIpc) is 3.38. The van der Waals surface area contributed by atoms with E-state index in [0.29, 0.717) is 28.1 Å². The zero-order valence-corrected chi connectivity index (χ0v) is 18.8. The lowest BCUT2D eigenvalue weighted by molar-refractivity contribution is 0.102. The first-order valence-corrected chi connectivity index (χ1v) is 11.4. The van der Waals surface area contributed by atoms with Crippen LogP contribution in [0.4, 0.5) is 5.13 Å². The molecule has 1 N–H and O–H groups in total. The number of aromatic nitrogens is 3. The zero-order chi connectivity index (χ0) is 22.1. The number of amides is 1. The molecule has 0 saturated heterocycles. The Balaban J connectivity index is 1.36. The molecule has 0 atom stereocenters. The molecular weight excluding hydrogens is 440 g/mol. The molecule has 32 heavy (non-hydrogen) atoms. The van der Waals surface area contributed by atoms with Crippen LogP contribution in [0.15, 0.2) is 78.2 Å². The third kappa shape index (κ3) is 4.02. The Labute approximate surface area is 194 Å². The summed E-state index contributed by atoms with van der Waals surface area (Å²) in [5.74, 6) is -0.314. The van der Waals surface area contributed by atoms with Gasteiger partial charge in [0.2, 0.25) is 0 Å². The molecular formula is C25H19ClN4OS. The fraction of sp³-hybridized carbons (Fsp3) is 0.0800. The average molecular weight is 459 g/mol. The van der Waals surface area contributed by atoms with Crippen molar-refractivity contribution in [2.45, 2.75) is 13.5 Å². The Kier molecular flexibility index (Phi) is 5.47. The molecule has 0 aliphatic carbocycles. The van der Waals surface area contributed by atoms with Gasteiger partial charge in [0.25, 0.3) is 5.91 Å². The summed E-state index contributed by atoms with van der Waals surface area (Å²) in [4.78, 5) is 17.6. The van der Waals surface area contributed by atoms with Crippen LogP contribution < -0.4 is 5.32 Å². The molecule has 7 heteroatoms. The van der Waals surface area contributed by atoms with Crippen LogP contribution in [0.25, 0.3) is 22.0 Å². The monoisotopic (exact) mass is 458 g/mol. The van der Waals surface area contributed by atoms with Crippen molar-refractivity contribution in [1.82, 2.24) is 14.8 Å². The van der Waals surface area contributed by atoms with Gasteiger partial charge in [-0.3, -0.25) is 10.1 Å². The molecule has 0 fully saturated rings. The summed E-state index contributed by atoms with van der Waals surface area (Å²) in [5, 5.41) is 12.4. The fourth-order valence-corrected chi connectivity index (χ4v) is 4.68. The number of halogens is 1. The number of hydrogen-bond acceptors (Lipinski definition) is 4. The van der Waals surface area contributed by atoms with Crippen LogP contribution in [0.3, 0.4) is 0 Å². The topological polar surface area (TPSA) is 59.8 Å². The molecule has 5 rings (SSSR count). The highest BCUT2D eigenvalue weighted by Gasteiger charge is 2.21. The Morgan fingerprint density at radius 1 is 1.03 bits per heavy atom. The minimum absolute atomic E-state index is 0.314. The Morgan fingerprint density at radius 2 is 1.78 bits per heavy atom. The molecule has 0 unspecified atom stereocenters. The van der Waals surface area contributed by atoms with Crippen LogP contribution >= 0.6 is 22.9 Å². The van der Waals surface area contributed by atoms with Crippen LogP contribution in [0.5, 0.6) is 0 Å². The van der Waals surface area contributed by atoms with Crippen molar-refractivity contribution in [2.24, 2.45) is 0 Å². The standard InChI is InChI=1S/C25H19ClN4OS/c1-16-22(23(26)30(29-16)14-17-7-3-2-4-8-17)24(31)28-25-27-21(15-32-25)20-12-11-18-9-5-6-10-19(18)13-20/h2-13,15H,14H2,1H3,(H,27,28,31). The summed E-state index contributed by atoms with van der Waals surface area (Å²) < 4.78 is 1.64. The van der Waals surface area contributed by atoms with E-state index >= 15 is 0 Å². The van der Waals surface area contributed by atoms with Gasteiger partial charge in [0.05, 0.1) is 23.5 Å². The first kappa shape index (κ1) is 20.4. The first-order valence-electron chi connectivity index (χ1n) is 10.1. The number of benzene rings is 3. The molecule has 0 spiro atoms. The van der Waals surface area contributed by atoms with Crippen LogP contribution in [-0.2, 0) is 6.54 Å². The second kappa shape index (κ2) is 8.57. The maximum Gasteiger partial charge on any atom is 0.262 e. The van der Waals surface area contributed by atoms with Crippen molar-refractivity contribution in [2.75, 3.05) is 5.32 Å². The lowest BCUT2D eigenvalue weighted by atomic mass is 10.1. The van der Waals surface area contributed by atoms with Crippen molar-refractivity contribution < 1.29 is 4.79 Å². The summed E-state index contributed by atoms with van der Waals surface area (Å²) in [6, 6.07) is 24.3. The van der Waals surface area contributed by atoms with Gasteiger partial charge >= 0.3 is 0 Å². The molecule has 0 bridgehead atoms. The van der Waals surface area contributed by atoms with E-state index < -0.39 is 0 Å². The van der Waals surface area contributed by atoms with E-state index in [0.717, 1.165) is 22.2 Å². The Hall–Kier alpha value is -3.48. The summed E-state index contributed by atoms with van der Waals surface area (Å²) in [5.41, 5.74) is 3.83. The normalized spacial score (nSPS) is 11.1. The first-order chi connectivity index (χ1) is 15.6. The minimum atomic E-state index is -0.314. The van der Waals surface area contributed by atoms with Gasteiger partial charge in [0.1, 0.15) is 5.15 Å². The minimum Gasteiger partial charge on any atom is -0.298 e. The quantitative estimate of drug-likeness (QED) is 0.330. The molecule has 0 aliphatic heterocycles. The van der Waals surface area contributed by atoms with Crippen molar-refractivity contribution >= 4 is 44.7 Å². The third-order valence-corrected chi connectivity index (χ3v) is 6.38. The number of nitrogens with one attached hydrogen (secondary N) is 1. The number of nitrogens with zero attached hydrogens (tertiary/aromatic N) is 3. The summed E-state index contributed by atoms with van der Waals surface area (Å²) in [6.45, 7) is 2.28.